The van der Waals surface area contributed by atoms with Crippen molar-refractivity contribution in [2.24, 2.45) is 0 Å². The number of Topliss-reactive ketones (excluding diaryl/α,β-unsaturated/α-hetero) is 1. The van der Waals surface area contributed by atoms with Gasteiger partial charge in [-0.15, -0.1) is 0 Å². The lowest BCUT2D eigenvalue weighted by Crippen LogP contribution is -2.38. The number of ether oxygens (including phenoxy) is 1. The van der Waals surface area contributed by atoms with Crippen LogP contribution < -0.4 is 11.0 Å². The van der Waals surface area contributed by atoms with Crippen LogP contribution in [0, 0.1) is 0 Å². The van der Waals surface area contributed by atoms with Gasteiger partial charge in [0.2, 0.25) is 0 Å². The minimum atomic E-state index is -4.99. The van der Waals surface area contributed by atoms with Crippen molar-refractivity contribution in [3.05, 3.63) is 47.7 Å². The van der Waals surface area contributed by atoms with Crippen molar-refractivity contribution < 1.29 is 37.1 Å². The lowest BCUT2D eigenvalue weighted by molar-refractivity contribution is -0.146. The van der Waals surface area contributed by atoms with Gasteiger partial charge in [-0.05, 0) is 19.1 Å². The van der Waals surface area contributed by atoms with Crippen LogP contribution >= 0.6 is 0 Å². The fourth-order valence-electron chi connectivity index (χ4n) is 1.36. The highest BCUT2D eigenvalue weighted by Crippen LogP contribution is 2.21. The molecule has 0 radical (unpaired) electrons. The van der Waals surface area contributed by atoms with E-state index in [2.05, 4.69) is 4.84 Å². The van der Waals surface area contributed by atoms with Crippen molar-refractivity contribution in [3.8, 4) is 0 Å². The Morgan fingerprint density at radius 2 is 1.71 bits per heavy atom. The number of hydrazine groups is 1. The number of halogens is 3. The summed E-state index contributed by atoms with van der Waals surface area (Å²) in [6.45, 7) is 2.07. The first kappa shape index (κ1) is 19.2. The predicted molar refractivity (Wildman–Crippen MR) is 74.3 cm³/mol. The summed E-state index contributed by atoms with van der Waals surface area (Å²) in [5, 5.41) is 0. The maximum atomic E-state index is 12.2. The normalized spacial score (nSPS) is 11.2. The predicted octanol–water partition coefficient (Wildman–Crippen LogP) is 1.67. The second-order valence-corrected chi connectivity index (χ2v) is 4.14. The minimum Gasteiger partial charge on any atom is -0.501 e. The van der Waals surface area contributed by atoms with Gasteiger partial charge in [0, 0.05) is 11.1 Å². The van der Waals surface area contributed by atoms with Crippen molar-refractivity contribution >= 4 is 17.7 Å². The fourth-order valence-corrected chi connectivity index (χ4v) is 1.36. The molecule has 0 unspecified atom stereocenters. The van der Waals surface area contributed by atoms with Crippen molar-refractivity contribution in [2.45, 2.75) is 13.1 Å². The van der Waals surface area contributed by atoms with Crippen LogP contribution in [0.15, 0.2) is 36.6 Å². The molecule has 1 aromatic carbocycles. The van der Waals surface area contributed by atoms with E-state index in [4.69, 9.17) is 4.74 Å². The Hall–Kier alpha value is -2.88. The number of nitrogens with one attached hydrogen (secondary N) is 2. The van der Waals surface area contributed by atoms with Crippen molar-refractivity contribution in [2.75, 3.05) is 6.61 Å². The molecule has 24 heavy (non-hydrogen) atoms. The number of hydrogen-bond donors (Lipinski definition) is 2. The molecule has 1 rings (SSSR count). The molecule has 0 spiro atoms. The first-order chi connectivity index (χ1) is 11.3. The molecule has 1 aromatic rings. The first-order valence-corrected chi connectivity index (χ1v) is 6.51. The van der Waals surface area contributed by atoms with Gasteiger partial charge in [-0.1, -0.05) is 17.7 Å². The highest BCUT2D eigenvalue weighted by atomic mass is 19.4. The van der Waals surface area contributed by atoms with E-state index in [-0.39, 0.29) is 5.56 Å². The molecule has 0 fully saturated rings. The second kappa shape index (κ2) is 8.67. The lowest BCUT2D eigenvalue weighted by atomic mass is 10.1. The number of carbonyl (C=O) groups excluding carboxylic acids is 3. The average Bonchev–Trinajstić information content (AvgIpc) is 2.53. The van der Waals surface area contributed by atoms with E-state index in [1.807, 2.05) is 11.0 Å². The topological polar surface area (TPSA) is 93.7 Å². The SMILES string of the molecule is CCOC=CC(=O)ONNC(=O)c1ccc(C(=O)C(F)(F)F)cc1. The summed E-state index contributed by atoms with van der Waals surface area (Å²) in [5.74, 6) is -3.65. The Morgan fingerprint density at radius 3 is 2.25 bits per heavy atom. The van der Waals surface area contributed by atoms with Gasteiger partial charge in [-0.2, -0.15) is 13.2 Å². The third-order valence-electron chi connectivity index (χ3n) is 2.45. The zero-order chi connectivity index (χ0) is 18.2. The molecule has 0 aliphatic rings. The number of benzene rings is 1. The van der Waals surface area contributed by atoms with Gasteiger partial charge in [-0.25, -0.2) is 4.79 Å². The number of rotatable bonds is 7. The molecule has 0 aliphatic carbocycles. The number of alkyl halides is 3. The Bertz CT molecular complexity index is 626. The smallest absolute Gasteiger partial charge is 0.454 e. The molecular weight excluding hydrogens is 333 g/mol. The molecule has 0 saturated heterocycles. The van der Waals surface area contributed by atoms with Gasteiger partial charge >= 0.3 is 12.1 Å². The minimum absolute atomic E-state index is 0.0536. The van der Waals surface area contributed by atoms with Crippen LogP contribution in [0.5, 0.6) is 0 Å². The van der Waals surface area contributed by atoms with Gasteiger partial charge in [0.15, 0.2) is 0 Å². The second-order valence-electron chi connectivity index (χ2n) is 4.14. The maximum Gasteiger partial charge on any atom is 0.454 e. The molecule has 0 aromatic heterocycles. The van der Waals surface area contributed by atoms with Crippen LogP contribution in [-0.4, -0.2) is 30.4 Å². The van der Waals surface area contributed by atoms with Gasteiger partial charge in [-0.3, -0.25) is 15.0 Å². The van der Waals surface area contributed by atoms with Crippen LogP contribution in [0.3, 0.4) is 0 Å². The number of carbonyl (C=O) groups is 3. The molecular formula is C14H13F3N2O5. The number of amides is 1. The number of hydrogen-bond acceptors (Lipinski definition) is 6. The Balaban J connectivity index is 2.52. The quantitative estimate of drug-likeness (QED) is 0.338. The summed E-state index contributed by atoms with van der Waals surface area (Å²) < 4.78 is 41.5. The van der Waals surface area contributed by atoms with Crippen molar-refractivity contribution in [1.82, 2.24) is 11.0 Å². The van der Waals surface area contributed by atoms with Gasteiger partial charge in [0.05, 0.1) is 18.9 Å². The van der Waals surface area contributed by atoms with Crippen molar-refractivity contribution in [1.29, 1.82) is 0 Å². The molecule has 0 saturated carbocycles. The van der Waals surface area contributed by atoms with Gasteiger partial charge in [0.25, 0.3) is 11.7 Å². The van der Waals surface area contributed by atoms with Gasteiger partial charge in [0.1, 0.15) is 0 Å². The molecule has 0 atom stereocenters. The van der Waals surface area contributed by atoms with E-state index >= 15 is 0 Å². The fraction of sp³-hybridized carbons (Fsp3) is 0.214. The maximum absolute atomic E-state index is 12.2. The van der Waals surface area contributed by atoms with Crippen LogP contribution in [0.2, 0.25) is 0 Å². The summed E-state index contributed by atoms with van der Waals surface area (Å²) in [4.78, 5) is 38.1. The summed E-state index contributed by atoms with van der Waals surface area (Å²) in [6.07, 6.45) is -2.93. The third kappa shape index (κ3) is 6.08. The van der Waals surface area contributed by atoms with E-state index in [0.717, 1.165) is 36.6 Å². The Labute approximate surface area is 134 Å². The molecule has 1 amide bonds. The summed E-state index contributed by atoms with van der Waals surface area (Å²) in [7, 11) is 0. The highest BCUT2D eigenvalue weighted by molar-refractivity contribution is 6.01. The summed E-state index contributed by atoms with van der Waals surface area (Å²) in [5.41, 5.74) is 3.20. The molecule has 2 N–H and O–H groups in total. The molecule has 0 heterocycles. The van der Waals surface area contributed by atoms with Gasteiger partial charge < -0.3 is 9.57 Å². The van der Waals surface area contributed by atoms with Crippen LogP contribution in [0.25, 0.3) is 0 Å². The van der Waals surface area contributed by atoms with E-state index < -0.39 is 29.4 Å². The van der Waals surface area contributed by atoms with E-state index in [1.165, 1.54) is 0 Å². The average molecular weight is 346 g/mol. The Kier molecular flexibility index (Phi) is 6.93. The van der Waals surface area contributed by atoms with Crippen LogP contribution in [-0.2, 0) is 14.4 Å². The van der Waals surface area contributed by atoms with Crippen LogP contribution in [0.1, 0.15) is 27.6 Å². The lowest BCUT2D eigenvalue weighted by Gasteiger charge is -2.07. The zero-order valence-electron chi connectivity index (χ0n) is 12.3. The van der Waals surface area contributed by atoms with E-state index in [0.29, 0.717) is 6.61 Å². The third-order valence-corrected chi connectivity index (χ3v) is 2.45. The molecule has 0 aliphatic heterocycles. The zero-order valence-corrected chi connectivity index (χ0v) is 12.3. The molecule has 0 bridgehead atoms. The molecule has 7 nitrogen and oxygen atoms in total. The summed E-state index contributed by atoms with van der Waals surface area (Å²) >= 11 is 0. The largest absolute Gasteiger partial charge is 0.501 e. The van der Waals surface area contributed by atoms with Crippen LogP contribution in [0.4, 0.5) is 13.2 Å². The molecule has 130 valence electrons. The molecule has 10 heteroatoms. The standard InChI is InChI=1S/C14H13F3N2O5/c1-2-23-8-7-11(20)24-19-18-13(22)10-5-3-9(4-6-10)12(21)14(15,16)17/h3-8,19H,2H2,1H3,(H,18,22). The number of ketones is 1. The highest BCUT2D eigenvalue weighted by Gasteiger charge is 2.39. The monoisotopic (exact) mass is 346 g/mol. The van der Waals surface area contributed by atoms with E-state index in [1.54, 1.807) is 6.92 Å². The Morgan fingerprint density at radius 1 is 1.12 bits per heavy atom. The first-order valence-electron chi connectivity index (χ1n) is 6.51. The van der Waals surface area contributed by atoms with E-state index in [9.17, 15) is 27.6 Å². The summed E-state index contributed by atoms with van der Waals surface area (Å²) in [6, 6.07) is 3.77. The van der Waals surface area contributed by atoms with Crippen molar-refractivity contribution in [3.63, 3.8) is 0 Å².